The first kappa shape index (κ1) is 19.0. The van der Waals surface area contributed by atoms with Gasteiger partial charge in [0.05, 0.1) is 17.1 Å². The molecule has 0 bridgehead atoms. The second-order valence-electron chi connectivity index (χ2n) is 7.01. The van der Waals surface area contributed by atoms with Crippen LogP contribution < -0.4 is 10.0 Å². The van der Waals surface area contributed by atoms with Gasteiger partial charge in [0.2, 0.25) is 10.0 Å². The Morgan fingerprint density at radius 3 is 2.61 bits per heavy atom. The van der Waals surface area contributed by atoms with Gasteiger partial charge >= 0.3 is 0 Å². The van der Waals surface area contributed by atoms with Gasteiger partial charge < -0.3 is 4.90 Å². The molecule has 0 amide bonds. The van der Waals surface area contributed by atoms with Crippen LogP contribution in [0.2, 0.25) is 5.15 Å². The van der Waals surface area contributed by atoms with Crippen molar-refractivity contribution in [3.05, 3.63) is 76.1 Å². The predicted molar refractivity (Wildman–Crippen MR) is 110 cm³/mol. The van der Waals surface area contributed by atoms with Crippen molar-refractivity contribution in [1.29, 1.82) is 0 Å². The Kier molecular flexibility index (Phi) is 4.91. The lowest BCUT2D eigenvalue weighted by atomic mass is 10.2. The lowest BCUT2D eigenvalue weighted by Crippen LogP contribution is -2.20. The molecule has 0 aliphatic carbocycles. The summed E-state index contributed by atoms with van der Waals surface area (Å²) in [4.78, 5) is 2.35. The molecule has 1 aliphatic heterocycles. The van der Waals surface area contributed by atoms with E-state index in [1.54, 1.807) is 12.1 Å². The van der Waals surface area contributed by atoms with Crippen LogP contribution >= 0.6 is 11.6 Å². The van der Waals surface area contributed by atoms with E-state index in [0.29, 0.717) is 18.2 Å². The quantitative estimate of drug-likeness (QED) is 0.692. The third-order valence-electron chi connectivity index (χ3n) is 5.08. The van der Waals surface area contributed by atoms with Gasteiger partial charge in [0.1, 0.15) is 5.15 Å². The van der Waals surface area contributed by atoms with Crippen molar-refractivity contribution < 1.29 is 8.42 Å². The first-order chi connectivity index (χ1) is 13.3. The summed E-state index contributed by atoms with van der Waals surface area (Å²) in [6, 6.07) is 15.1. The molecule has 1 aliphatic rings. The number of aryl methyl sites for hydroxylation is 1. The molecule has 2 N–H and O–H groups in total. The number of anilines is 1. The summed E-state index contributed by atoms with van der Waals surface area (Å²) in [7, 11) is -3.69. The Morgan fingerprint density at radius 1 is 1.14 bits per heavy atom. The summed E-state index contributed by atoms with van der Waals surface area (Å²) in [5.41, 5.74) is 5.02. The van der Waals surface area contributed by atoms with E-state index in [-0.39, 0.29) is 4.90 Å². The second-order valence-corrected chi connectivity index (χ2v) is 8.92. The molecule has 3 aromatic rings. The monoisotopic (exact) mass is 416 g/mol. The Labute approximate surface area is 169 Å². The van der Waals surface area contributed by atoms with Crippen LogP contribution in [0.25, 0.3) is 0 Å². The first-order valence-corrected chi connectivity index (χ1v) is 10.9. The molecule has 0 unspecified atom stereocenters. The summed E-state index contributed by atoms with van der Waals surface area (Å²) < 4.78 is 25.0. The van der Waals surface area contributed by atoms with E-state index in [2.05, 4.69) is 10.00 Å². The average Bonchev–Trinajstić information content (AvgIpc) is 3.18. The summed E-state index contributed by atoms with van der Waals surface area (Å²) in [6.07, 6.45) is 0.771. The number of halogens is 1. The van der Waals surface area contributed by atoms with Crippen molar-refractivity contribution in [3.63, 3.8) is 0 Å². The predicted octanol–water partition coefficient (Wildman–Crippen LogP) is 3.10. The fourth-order valence-electron chi connectivity index (χ4n) is 3.61. The van der Waals surface area contributed by atoms with Gasteiger partial charge in [-0.15, -0.1) is 0 Å². The van der Waals surface area contributed by atoms with E-state index in [1.807, 2.05) is 48.0 Å². The van der Waals surface area contributed by atoms with Crippen molar-refractivity contribution in [3.8, 4) is 0 Å². The van der Waals surface area contributed by atoms with Crippen LogP contribution in [-0.4, -0.2) is 24.7 Å². The van der Waals surface area contributed by atoms with E-state index in [0.717, 1.165) is 41.0 Å². The normalized spacial score (nSPS) is 13.8. The highest BCUT2D eigenvalue weighted by molar-refractivity contribution is 7.89. The number of rotatable bonds is 5. The van der Waals surface area contributed by atoms with E-state index >= 15 is 0 Å². The average molecular weight is 417 g/mol. The molecule has 0 fully saturated rings. The fourth-order valence-corrected chi connectivity index (χ4v) is 4.47. The third kappa shape index (κ3) is 3.65. The summed E-state index contributed by atoms with van der Waals surface area (Å²) in [6.45, 7) is 4.00. The number of benzene rings is 2. The molecule has 2 aromatic carbocycles. The molecule has 0 radical (unpaired) electrons. The molecule has 8 heteroatoms. The number of hydrogen-bond donors (Lipinski definition) is 1. The maximum Gasteiger partial charge on any atom is 0.238 e. The van der Waals surface area contributed by atoms with Crippen molar-refractivity contribution in [1.82, 2.24) is 9.78 Å². The second kappa shape index (κ2) is 7.24. The number of fused-ring (bicyclic) bond motifs is 1. The Bertz CT molecular complexity index is 1130. The van der Waals surface area contributed by atoms with Crippen LogP contribution in [-0.2, 0) is 29.5 Å². The van der Waals surface area contributed by atoms with E-state index in [1.165, 1.54) is 0 Å². The lowest BCUT2D eigenvalue weighted by Gasteiger charge is -2.19. The minimum absolute atomic E-state index is 0.151. The van der Waals surface area contributed by atoms with E-state index in [4.69, 9.17) is 16.7 Å². The number of sulfonamides is 1. The first-order valence-electron chi connectivity index (χ1n) is 8.99. The van der Waals surface area contributed by atoms with E-state index < -0.39 is 10.0 Å². The number of hydrogen-bond acceptors (Lipinski definition) is 4. The largest absolute Gasteiger partial charge is 0.366 e. The molecule has 0 saturated heterocycles. The van der Waals surface area contributed by atoms with E-state index in [9.17, 15) is 8.42 Å². The third-order valence-corrected chi connectivity index (χ3v) is 6.41. The number of nitrogens with zero attached hydrogens (tertiary/aromatic N) is 3. The molecular weight excluding hydrogens is 396 g/mol. The number of primary sulfonamides is 1. The smallest absolute Gasteiger partial charge is 0.238 e. The Balaban J connectivity index is 1.58. The molecule has 6 nitrogen and oxygen atoms in total. The Hall–Kier alpha value is -2.35. The summed E-state index contributed by atoms with van der Waals surface area (Å²) in [5, 5.41) is 10.5. The van der Waals surface area contributed by atoms with Crippen LogP contribution in [0.1, 0.15) is 22.4 Å². The van der Waals surface area contributed by atoms with Crippen molar-refractivity contribution in [2.45, 2.75) is 31.3 Å². The maximum absolute atomic E-state index is 11.6. The van der Waals surface area contributed by atoms with Gasteiger partial charge in [-0.3, -0.25) is 0 Å². The van der Waals surface area contributed by atoms with Crippen LogP contribution in [0.3, 0.4) is 0 Å². The minimum Gasteiger partial charge on any atom is -0.366 e. The molecule has 0 atom stereocenters. The van der Waals surface area contributed by atoms with Gasteiger partial charge in [0, 0.05) is 24.3 Å². The topological polar surface area (TPSA) is 81.2 Å². The summed E-state index contributed by atoms with van der Waals surface area (Å²) >= 11 is 6.65. The van der Waals surface area contributed by atoms with Crippen molar-refractivity contribution in [2.75, 3.05) is 11.4 Å². The standard InChI is InChI=1S/C20H21ClN4O2S/c1-14-18(20(21)25(23-14)12-15-5-3-2-4-6-15)13-24-10-9-16-11-17(28(22,26)27)7-8-19(16)24/h2-8,11H,9-10,12-13H2,1H3,(H2,22,26,27). The lowest BCUT2D eigenvalue weighted by molar-refractivity contribution is 0.597. The van der Waals surface area contributed by atoms with Crippen LogP contribution in [0.4, 0.5) is 5.69 Å². The molecule has 0 saturated carbocycles. The molecule has 0 spiro atoms. The highest BCUT2D eigenvalue weighted by atomic mass is 35.5. The number of nitrogens with two attached hydrogens (primary N) is 1. The van der Waals surface area contributed by atoms with Crippen molar-refractivity contribution >= 4 is 27.3 Å². The molecule has 2 heterocycles. The zero-order chi connectivity index (χ0) is 19.9. The summed E-state index contributed by atoms with van der Waals surface area (Å²) in [5.74, 6) is 0. The van der Waals surface area contributed by atoms with Crippen molar-refractivity contribution in [2.24, 2.45) is 5.14 Å². The highest BCUT2D eigenvalue weighted by Crippen LogP contribution is 2.33. The molecule has 4 rings (SSSR count). The fraction of sp³-hybridized carbons (Fsp3) is 0.250. The minimum atomic E-state index is -3.69. The number of aromatic nitrogens is 2. The van der Waals surface area contributed by atoms with Crippen LogP contribution in [0.15, 0.2) is 53.4 Å². The Morgan fingerprint density at radius 2 is 1.89 bits per heavy atom. The SMILES string of the molecule is Cc1nn(Cc2ccccc2)c(Cl)c1CN1CCc2cc(S(N)(=O)=O)ccc21. The van der Waals surface area contributed by atoms with Gasteiger partial charge in [-0.25, -0.2) is 18.2 Å². The maximum atomic E-state index is 11.6. The van der Waals surface area contributed by atoms with Gasteiger partial charge in [-0.2, -0.15) is 5.10 Å². The van der Waals surface area contributed by atoms with Gasteiger partial charge in [0.15, 0.2) is 0 Å². The molecular formula is C20H21ClN4O2S. The van der Waals surface area contributed by atoms with Crippen LogP contribution in [0, 0.1) is 6.92 Å². The zero-order valence-corrected chi connectivity index (χ0v) is 17.0. The molecule has 28 heavy (non-hydrogen) atoms. The molecule has 1 aromatic heterocycles. The van der Waals surface area contributed by atoms with Gasteiger partial charge in [-0.1, -0.05) is 41.9 Å². The zero-order valence-electron chi connectivity index (χ0n) is 15.5. The molecule has 146 valence electrons. The van der Waals surface area contributed by atoms with Gasteiger partial charge in [0.25, 0.3) is 0 Å². The van der Waals surface area contributed by atoms with Crippen LogP contribution in [0.5, 0.6) is 0 Å². The highest BCUT2D eigenvalue weighted by Gasteiger charge is 2.24. The van der Waals surface area contributed by atoms with Gasteiger partial charge in [-0.05, 0) is 42.7 Å².